The van der Waals surface area contributed by atoms with Gasteiger partial charge in [0.25, 0.3) is 0 Å². The highest BCUT2D eigenvalue weighted by molar-refractivity contribution is 6.30. The van der Waals surface area contributed by atoms with Crippen LogP contribution in [0.3, 0.4) is 0 Å². The molecule has 1 atom stereocenters. The second-order valence-corrected chi connectivity index (χ2v) is 7.43. The van der Waals surface area contributed by atoms with Crippen LogP contribution in [-0.4, -0.2) is 24.0 Å². The molecule has 0 saturated carbocycles. The normalized spacial score (nSPS) is 15.5. The molecule has 1 fully saturated rings. The molecule has 2 aromatic rings. The molecule has 1 saturated heterocycles. The molecule has 0 radical (unpaired) electrons. The lowest BCUT2D eigenvalue weighted by atomic mass is 10.1. The van der Waals surface area contributed by atoms with E-state index < -0.39 is 5.82 Å². The summed E-state index contributed by atoms with van der Waals surface area (Å²) in [6.45, 7) is 5.57. The van der Waals surface area contributed by atoms with Crippen LogP contribution in [0.2, 0.25) is 5.02 Å². The fraction of sp³-hybridized carbons (Fsp3) is 0.381. The molecular formula is C21H25ClFN3O. The first kappa shape index (κ1) is 19.6. The van der Waals surface area contributed by atoms with E-state index in [2.05, 4.69) is 27.7 Å². The summed E-state index contributed by atoms with van der Waals surface area (Å²) in [5, 5.41) is 5.78. The standard InChI is InChI=1S/C21H25ClFN3O/c1-15(18-7-8-20(23)19(22)12-18)25-21(27)24-13-16-5-4-6-17(11-16)14-26-9-2-3-10-26/h4-8,11-12,15H,2-3,9-10,13-14H2,1H3,(H2,24,25,27)/t15-/m0/s1. The number of carbonyl (C=O) groups is 1. The highest BCUT2D eigenvalue weighted by Crippen LogP contribution is 2.20. The summed E-state index contributed by atoms with van der Waals surface area (Å²) < 4.78 is 13.3. The molecule has 2 N–H and O–H groups in total. The van der Waals surface area contributed by atoms with E-state index in [1.165, 1.54) is 30.5 Å². The van der Waals surface area contributed by atoms with Crippen molar-refractivity contribution in [1.29, 1.82) is 0 Å². The zero-order valence-electron chi connectivity index (χ0n) is 15.5. The van der Waals surface area contributed by atoms with Crippen LogP contribution in [0.15, 0.2) is 42.5 Å². The van der Waals surface area contributed by atoms with Gasteiger partial charge in [-0.05, 0) is 61.7 Å². The number of hydrogen-bond acceptors (Lipinski definition) is 2. The summed E-state index contributed by atoms with van der Waals surface area (Å²) in [6, 6.07) is 12.2. The Balaban J connectivity index is 1.50. The minimum Gasteiger partial charge on any atom is -0.334 e. The van der Waals surface area contributed by atoms with E-state index >= 15 is 0 Å². The van der Waals surface area contributed by atoms with E-state index in [4.69, 9.17) is 11.6 Å². The largest absolute Gasteiger partial charge is 0.334 e. The Morgan fingerprint density at radius 1 is 1.19 bits per heavy atom. The van der Waals surface area contributed by atoms with Crippen LogP contribution >= 0.6 is 11.6 Å². The second-order valence-electron chi connectivity index (χ2n) is 7.03. The lowest BCUT2D eigenvalue weighted by Gasteiger charge is -2.17. The molecule has 2 amide bonds. The van der Waals surface area contributed by atoms with Crippen molar-refractivity contribution < 1.29 is 9.18 Å². The van der Waals surface area contributed by atoms with Crippen molar-refractivity contribution >= 4 is 17.6 Å². The minimum atomic E-state index is -0.467. The minimum absolute atomic E-state index is 0.0522. The van der Waals surface area contributed by atoms with E-state index in [0.717, 1.165) is 30.8 Å². The van der Waals surface area contributed by atoms with Crippen LogP contribution < -0.4 is 10.6 Å². The maximum absolute atomic E-state index is 13.3. The molecule has 0 unspecified atom stereocenters. The molecule has 6 heteroatoms. The lowest BCUT2D eigenvalue weighted by Crippen LogP contribution is -2.36. The molecule has 0 bridgehead atoms. The fourth-order valence-electron chi connectivity index (χ4n) is 3.33. The topological polar surface area (TPSA) is 44.4 Å². The number of urea groups is 1. The third kappa shape index (κ3) is 5.68. The predicted octanol–water partition coefficient (Wildman–Crippen LogP) is 4.64. The number of nitrogens with one attached hydrogen (secondary N) is 2. The Morgan fingerprint density at radius 3 is 2.67 bits per heavy atom. The van der Waals surface area contributed by atoms with Gasteiger partial charge in [-0.1, -0.05) is 41.9 Å². The molecule has 1 aliphatic rings. The smallest absolute Gasteiger partial charge is 0.315 e. The number of likely N-dealkylation sites (tertiary alicyclic amines) is 1. The van der Waals surface area contributed by atoms with Crippen molar-refractivity contribution in [2.45, 2.75) is 38.9 Å². The summed E-state index contributed by atoms with van der Waals surface area (Å²) in [7, 11) is 0. The molecular weight excluding hydrogens is 365 g/mol. The van der Waals surface area contributed by atoms with Gasteiger partial charge in [0.15, 0.2) is 0 Å². The second kappa shape index (κ2) is 9.20. The van der Waals surface area contributed by atoms with E-state index in [9.17, 15) is 9.18 Å². The predicted molar refractivity (Wildman–Crippen MR) is 106 cm³/mol. The molecule has 1 heterocycles. The number of carbonyl (C=O) groups excluding carboxylic acids is 1. The van der Waals surface area contributed by atoms with E-state index in [1.807, 2.05) is 19.1 Å². The summed E-state index contributed by atoms with van der Waals surface area (Å²) in [5.74, 6) is -0.467. The number of hydrogen-bond donors (Lipinski definition) is 2. The molecule has 27 heavy (non-hydrogen) atoms. The van der Waals surface area contributed by atoms with Gasteiger partial charge < -0.3 is 10.6 Å². The Bertz CT molecular complexity index is 793. The third-order valence-corrected chi connectivity index (χ3v) is 5.13. The molecule has 0 aromatic heterocycles. The lowest BCUT2D eigenvalue weighted by molar-refractivity contribution is 0.237. The summed E-state index contributed by atoms with van der Waals surface area (Å²) in [4.78, 5) is 14.6. The van der Waals surface area contributed by atoms with Crippen molar-refractivity contribution in [3.8, 4) is 0 Å². The average molecular weight is 390 g/mol. The van der Waals surface area contributed by atoms with E-state index in [1.54, 1.807) is 6.07 Å². The van der Waals surface area contributed by atoms with Gasteiger partial charge in [0.2, 0.25) is 0 Å². The number of amides is 2. The van der Waals surface area contributed by atoms with Crippen LogP contribution in [0.4, 0.5) is 9.18 Å². The van der Waals surface area contributed by atoms with Gasteiger partial charge in [-0.25, -0.2) is 9.18 Å². The Hall–Kier alpha value is -2.11. The quantitative estimate of drug-likeness (QED) is 0.756. The van der Waals surface area contributed by atoms with Crippen molar-refractivity contribution in [3.05, 3.63) is 70.0 Å². The van der Waals surface area contributed by atoms with Crippen molar-refractivity contribution in [3.63, 3.8) is 0 Å². The molecule has 144 valence electrons. The number of halogens is 2. The van der Waals surface area contributed by atoms with Gasteiger partial charge in [0.1, 0.15) is 5.82 Å². The number of nitrogens with zero attached hydrogens (tertiary/aromatic N) is 1. The molecule has 3 rings (SSSR count). The van der Waals surface area contributed by atoms with Crippen LogP contribution in [0.1, 0.15) is 42.5 Å². The van der Waals surface area contributed by atoms with Crippen LogP contribution in [-0.2, 0) is 13.1 Å². The Kier molecular flexibility index (Phi) is 6.69. The Labute approximate surface area is 164 Å². The molecule has 4 nitrogen and oxygen atoms in total. The number of rotatable bonds is 6. The zero-order chi connectivity index (χ0) is 19.2. The van der Waals surface area contributed by atoms with Gasteiger partial charge >= 0.3 is 6.03 Å². The first-order valence-electron chi connectivity index (χ1n) is 9.31. The first-order chi connectivity index (χ1) is 13.0. The van der Waals surface area contributed by atoms with Gasteiger partial charge in [-0.2, -0.15) is 0 Å². The Morgan fingerprint density at radius 2 is 1.93 bits per heavy atom. The highest BCUT2D eigenvalue weighted by atomic mass is 35.5. The maximum atomic E-state index is 13.3. The van der Waals surface area contributed by atoms with Gasteiger partial charge in [-0.3, -0.25) is 4.90 Å². The summed E-state index contributed by atoms with van der Waals surface area (Å²) in [6.07, 6.45) is 2.55. The monoisotopic (exact) mass is 389 g/mol. The van der Waals surface area contributed by atoms with Gasteiger partial charge in [0.05, 0.1) is 11.1 Å². The number of benzene rings is 2. The van der Waals surface area contributed by atoms with Crippen LogP contribution in [0.5, 0.6) is 0 Å². The van der Waals surface area contributed by atoms with E-state index in [0.29, 0.717) is 6.54 Å². The average Bonchev–Trinajstić information content (AvgIpc) is 3.15. The maximum Gasteiger partial charge on any atom is 0.315 e. The molecule has 0 aliphatic carbocycles. The first-order valence-corrected chi connectivity index (χ1v) is 9.68. The van der Waals surface area contributed by atoms with Crippen molar-refractivity contribution in [1.82, 2.24) is 15.5 Å². The fourth-order valence-corrected chi connectivity index (χ4v) is 3.52. The molecule has 2 aromatic carbocycles. The van der Waals surface area contributed by atoms with Crippen LogP contribution in [0, 0.1) is 5.82 Å². The summed E-state index contributed by atoms with van der Waals surface area (Å²) in [5.41, 5.74) is 3.09. The SMILES string of the molecule is C[C@H](NC(=O)NCc1cccc(CN2CCCC2)c1)c1ccc(F)c(Cl)c1. The summed E-state index contributed by atoms with van der Waals surface area (Å²) >= 11 is 5.80. The van der Waals surface area contributed by atoms with E-state index in [-0.39, 0.29) is 17.1 Å². The highest BCUT2D eigenvalue weighted by Gasteiger charge is 2.13. The molecule has 0 spiro atoms. The van der Waals surface area contributed by atoms with Crippen molar-refractivity contribution in [2.24, 2.45) is 0 Å². The molecule has 1 aliphatic heterocycles. The van der Waals surface area contributed by atoms with Crippen molar-refractivity contribution in [2.75, 3.05) is 13.1 Å². The van der Waals surface area contributed by atoms with Gasteiger partial charge in [0, 0.05) is 13.1 Å². The third-order valence-electron chi connectivity index (χ3n) is 4.84. The van der Waals surface area contributed by atoms with Crippen LogP contribution in [0.25, 0.3) is 0 Å². The van der Waals surface area contributed by atoms with Gasteiger partial charge in [-0.15, -0.1) is 0 Å². The zero-order valence-corrected chi connectivity index (χ0v) is 16.2.